The van der Waals surface area contributed by atoms with E-state index < -0.39 is 0 Å². The number of aryl methyl sites for hydroxylation is 3. The Kier molecular flexibility index (Phi) is 5.24. The molecule has 2 aromatic rings. The van der Waals surface area contributed by atoms with E-state index in [1.165, 1.54) is 27.8 Å². The molecule has 4 rings (SSSR count). The van der Waals surface area contributed by atoms with E-state index in [9.17, 15) is 4.79 Å². The number of nitrogens with one attached hydrogen (secondary N) is 2. The number of amides is 1. The molecule has 0 radical (unpaired) electrons. The Labute approximate surface area is 174 Å². The molecule has 0 saturated heterocycles. The Morgan fingerprint density at radius 1 is 1.17 bits per heavy atom. The molecule has 3 nitrogen and oxygen atoms in total. The van der Waals surface area contributed by atoms with Crippen LogP contribution in [0.15, 0.2) is 42.5 Å². The van der Waals surface area contributed by atoms with Crippen LogP contribution in [0.2, 0.25) is 0 Å². The van der Waals surface area contributed by atoms with Gasteiger partial charge < -0.3 is 10.6 Å². The maximum absolute atomic E-state index is 12.6. The molecule has 0 fully saturated rings. The van der Waals surface area contributed by atoms with Crippen molar-refractivity contribution in [3.63, 3.8) is 0 Å². The average molecular weight is 389 g/mol. The van der Waals surface area contributed by atoms with Crippen molar-refractivity contribution in [3.8, 4) is 0 Å². The van der Waals surface area contributed by atoms with Crippen molar-refractivity contribution in [3.05, 3.63) is 75.9 Å². The molecule has 0 bridgehead atoms. The van der Waals surface area contributed by atoms with Crippen molar-refractivity contribution in [1.29, 1.82) is 0 Å². The fraction of sp³-hybridized carbons (Fsp3) is 0.423. The Balaban J connectivity index is 1.71. The second-order valence-corrected chi connectivity index (χ2v) is 8.87. The van der Waals surface area contributed by atoms with E-state index >= 15 is 0 Å². The van der Waals surface area contributed by atoms with Crippen LogP contribution in [0.25, 0.3) is 0 Å². The van der Waals surface area contributed by atoms with Crippen LogP contribution in [0.4, 0.5) is 5.69 Å². The molecule has 2 aliphatic rings. The number of carbonyl (C=O) groups excluding carboxylic acids is 1. The molecule has 29 heavy (non-hydrogen) atoms. The van der Waals surface area contributed by atoms with Crippen LogP contribution in [0.3, 0.4) is 0 Å². The van der Waals surface area contributed by atoms with Gasteiger partial charge in [0.25, 0.3) is 5.91 Å². The van der Waals surface area contributed by atoms with Crippen molar-refractivity contribution >= 4 is 11.6 Å². The third kappa shape index (κ3) is 3.59. The quantitative estimate of drug-likeness (QED) is 0.634. The van der Waals surface area contributed by atoms with E-state index in [0.717, 1.165) is 24.1 Å². The van der Waals surface area contributed by atoms with Crippen LogP contribution in [0.1, 0.15) is 76.8 Å². The minimum atomic E-state index is 0.0213. The molecule has 1 aliphatic heterocycles. The molecule has 0 aromatic heterocycles. The number of allylic oxidation sites excluding steroid dienone is 2. The average Bonchev–Trinajstić information content (AvgIpc) is 3.17. The smallest absolute Gasteiger partial charge is 0.251 e. The lowest BCUT2D eigenvalue weighted by Gasteiger charge is -2.39. The van der Waals surface area contributed by atoms with E-state index in [1.807, 2.05) is 13.0 Å². The van der Waals surface area contributed by atoms with E-state index in [4.69, 9.17) is 0 Å². The lowest BCUT2D eigenvalue weighted by molar-refractivity contribution is 0.0939. The van der Waals surface area contributed by atoms with Crippen LogP contribution >= 0.6 is 0 Å². The fourth-order valence-corrected chi connectivity index (χ4v) is 5.11. The minimum Gasteiger partial charge on any atom is -0.378 e. The molecule has 0 saturated carbocycles. The lowest BCUT2D eigenvalue weighted by atomic mass is 9.75. The number of carbonyl (C=O) groups is 1. The molecule has 3 heteroatoms. The summed E-state index contributed by atoms with van der Waals surface area (Å²) >= 11 is 0. The first kappa shape index (κ1) is 19.8. The van der Waals surface area contributed by atoms with Gasteiger partial charge in [-0.25, -0.2) is 0 Å². The number of benzene rings is 2. The predicted octanol–water partition coefficient (Wildman–Crippen LogP) is 5.97. The minimum absolute atomic E-state index is 0.0213. The summed E-state index contributed by atoms with van der Waals surface area (Å²) in [6.45, 7) is 10.8. The molecule has 2 N–H and O–H groups in total. The number of rotatable bonds is 4. The van der Waals surface area contributed by atoms with Gasteiger partial charge in [0.15, 0.2) is 0 Å². The maximum atomic E-state index is 12.6. The van der Waals surface area contributed by atoms with Gasteiger partial charge in [-0.1, -0.05) is 36.8 Å². The molecule has 1 heterocycles. The molecule has 1 amide bonds. The summed E-state index contributed by atoms with van der Waals surface area (Å²) in [6.07, 6.45) is 6.65. The van der Waals surface area contributed by atoms with Gasteiger partial charge in [-0.05, 0) is 86.9 Å². The summed E-state index contributed by atoms with van der Waals surface area (Å²) in [7, 11) is 0. The normalized spacial score (nSPS) is 23.1. The fourth-order valence-electron chi connectivity index (χ4n) is 5.11. The van der Waals surface area contributed by atoms with Gasteiger partial charge in [0.2, 0.25) is 0 Å². The monoisotopic (exact) mass is 388 g/mol. The summed E-state index contributed by atoms with van der Waals surface area (Å²) < 4.78 is 0. The second-order valence-electron chi connectivity index (χ2n) is 8.87. The molecular weight excluding hydrogens is 356 g/mol. The number of anilines is 1. The summed E-state index contributed by atoms with van der Waals surface area (Å²) in [5.41, 5.74) is 8.63. The van der Waals surface area contributed by atoms with Crippen molar-refractivity contribution in [2.45, 2.75) is 65.5 Å². The van der Waals surface area contributed by atoms with Crippen LogP contribution in [-0.4, -0.2) is 11.9 Å². The summed E-state index contributed by atoms with van der Waals surface area (Å²) in [4.78, 5) is 12.6. The zero-order valence-electron chi connectivity index (χ0n) is 18.2. The van der Waals surface area contributed by atoms with Crippen molar-refractivity contribution in [1.82, 2.24) is 5.32 Å². The van der Waals surface area contributed by atoms with Crippen LogP contribution in [0.5, 0.6) is 0 Å². The highest BCUT2D eigenvalue weighted by molar-refractivity contribution is 5.95. The van der Waals surface area contributed by atoms with E-state index in [-0.39, 0.29) is 11.9 Å². The molecular formula is C26H32N2O. The molecule has 1 aliphatic carbocycles. The van der Waals surface area contributed by atoms with Gasteiger partial charge >= 0.3 is 0 Å². The maximum Gasteiger partial charge on any atom is 0.251 e. The zero-order chi connectivity index (χ0) is 20.7. The van der Waals surface area contributed by atoms with Gasteiger partial charge in [0, 0.05) is 23.2 Å². The molecule has 4 atom stereocenters. The van der Waals surface area contributed by atoms with Crippen LogP contribution < -0.4 is 10.6 Å². The molecule has 4 unspecified atom stereocenters. The van der Waals surface area contributed by atoms with Crippen molar-refractivity contribution in [2.24, 2.45) is 5.92 Å². The standard InChI is InChI=1S/C26H32N2O/c1-6-18(5)27-26(29)19-10-11-23-22(14-19)20-8-7-9-21(20)25(28-23)24-16(3)12-15(2)13-17(24)4/h7-8,10-14,18,20-21,25,28H,6,9H2,1-5H3,(H,27,29). The van der Waals surface area contributed by atoms with E-state index in [0.29, 0.717) is 17.9 Å². The topological polar surface area (TPSA) is 41.1 Å². The highest BCUT2D eigenvalue weighted by Gasteiger charge is 2.39. The SMILES string of the molecule is CCC(C)NC(=O)c1ccc2c(c1)C1C=CCC1C(c1c(C)cc(C)cc1C)N2. The largest absolute Gasteiger partial charge is 0.378 e. The third-order valence-electron chi connectivity index (χ3n) is 6.66. The summed E-state index contributed by atoms with van der Waals surface area (Å²) in [5.74, 6) is 0.858. The van der Waals surface area contributed by atoms with Gasteiger partial charge in [0.05, 0.1) is 6.04 Å². The van der Waals surface area contributed by atoms with Gasteiger partial charge in [-0.2, -0.15) is 0 Å². The van der Waals surface area contributed by atoms with Crippen LogP contribution in [0, 0.1) is 26.7 Å². The predicted molar refractivity (Wildman–Crippen MR) is 121 cm³/mol. The Bertz CT molecular complexity index is 952. The number of hydrogen-bond acceptors (Lipinski definition) is 2. The summed E-state index contributed by atoms with van der Waals surface area (Å²) in [5, 5.41) is 6.92. The van der Waals surface area contributed by atoms with E-state index in [2.05, 4.69) is 74.7 Å². The number of fused-ring (bicyclic) bond motifs is 3. The van der Waals surface area contributed by atoms with E-state index in [1.54, 1.807) is 0 Å². The van der Waals surface area contributed by atoms with Crippen LogP contribution in [-0.2, 0) is 0 Å². The zero-order valence-corrected chi connectivity index (χ0v) is 18.2. The second kappa shape index (κ2) is 7.70. The van der Waals surface area contributed by atoms with Gasteiger partial charge in [-0.15, -0.1) is 0 Å². The Hall–Kier alpha value is -2.55. The third-order valence-corrected chi connectivity index (χ3v) is 6.66. The molecule has 152 valence electrons. The molecule has 2 aromatic carbocycles. The van der Waals surface area contributed by atoms with Gasteiger partial charge in [0.1, 0.15) is 0 Å². The Morgan fingerprint density at radius 2 is 1.90 bits per heavy atom. The van der Waals surface area contributed by atoms with Crippen molar-refractivity contribution < 1.29 is 4.79 Å². The Morgan fingerprint density at radius 3 is 2.59 bits per heavy atom. The van der Waals surface area contributed by atoms with Crippen molar-refractivity contribution in [2.75, 3.05) is 5.32 Å². The first-order valence-corrected chi connectivity index (χ1v) is 10.8. The highest BCUT2D eigenvalue weighted by Crippen LogP contribution is 2.51. The summed E-state index contributed by atoms with van der Waals surface area (Å²) in [6, 6.07) is 11.2. The molecule has 0 spiro atoms. The lowest BCUT2D eigenvalue weighted by Crippen LogP contribution is -2.33. The number of hydrogen-bond donors (Lipinski definition) is 2. The highest BCUT2D eigenvalue weighted by atomic mass is 16.1. The van der Waals surface area contributed by atoms with Gasteiger partial charge in [-0.3, -0.25) is 4.79 Å². The first-order chi connectivity index (χ1) is 13.9. The first-order valence-electron chi connectivity index (χ1n) is 10.8.